The van der Waals surface area contributed by atoms with E-state index in [2.05, 4.69) is 28.3 Å². The van der Waals surface area contributed by atoms with Gasteiger partial charge in [0.15, 0.2) is 0 Å². The molecule has 2 aromatic carbocycles. The fourth-order valence-corrected chi connectivity index (χ4v) is 2.87. The van der Waals surface area contributed by atoms with Crippen LogP contribution in [0, 0.1) is 0 Å². The Balaban J connectivity index is 1.88. The van der Waals surface area contributed by atoms with Crippen molar-refractivity contribution in [2.75, 3.05) is 0 Å². The van der Waals surface area contributed by atoms with Gasteiger partial charge in [-0.1, -0.05) is 47.7 Å². The Morgan fingerprint density at radius 1 is 1.12 bits per heavy atom. The number of carbonyl (C=O) groups is 1. The van der Waals surface area contributed by atoms with Crippen molar-refractivity contribution in [1.29, 1.82) is 0 Å². The Hall–Kier alpha value is -2.60. The third-order valence-electron chi connectivity index (χ3n) is 4.00. The maximum absolute atomic E-state index is 12.7. The summed E-state index contributed by atoms with van der Waals surface area (Å²) in [4.78, 5) is 13.6. The van der Waals surface area contributed by atoms with E-state index in [4.69, 9.17) is 0 Å². The Morgan fingerprint density at radius 3 is 2.46 bits per heavy atom. The van der Waals surface area contributed by atoms with Crippen molar-refractivity contribution in [2.24, 2.45) is 0 Å². The topological polar surface area (TPSA) is 59.8 Å². The zero-order valence-corrected chi connectivity index (χ0v) is 15.7. The van der Waals surface area contributed by atoms with E-state index in [0.717, 1.165) is 21.7 Å². The summed E-state index contributed by atoms with van der Waals surface area (Å²) in [7, 11) is 0. The highest BCUT2D eigenvalue weighted by Gasteiger charge is 2.23. The van der Waals surface area contributed by atoms with E-state index in [1.165, 1.54) is 0 Å². The molecule has 26 heavy (non-hydrogen) atoms. The van der Waals surface area contributed by atoms with Gasteiger partial charge >= 0.3 is 0 Å². The maximum Gasteiger partial charge on any atom is 0.245 e. The first-order valence-electron chi connectivity index (χ1n) is 8.58. The van der Waals surface area contributed by atoms with Crippen molar-refractivity contribution < 1.29 is 4.79 Å². The highest BCUT2D eigenvalue weighted by molar-refractivity contribution is 7.80. The predicted octanol–water partition coefficient (Wildman–Crippen LogP) is 3.54. The van der Waals surface area contributed by atoms with Crippen LogP contribution in [0.1, 0.15) is 25.5 Å². The molecule has 0 saturated heterocycles. The number of thiol groups is 1. The van der Waals surface area contributed by atoms with Crippen molar-refractivity contribution in [1.82, 2.24) is 20.3 Å². The number of benzene rings is 2. The van der Waals surface area contributed by atoms with Crippen molar-refractivity contribution in [3.63, 3.8) is 0 Å². The smallest absolute Gasteiger partial charge is 0.245 e. The third kappa shape index (κ3) is 4.52. The van der Waals surface area contributed by atoms with Gasteiger partial charge in [0.1, 0.15) is 11.7 Å². The van der Waals surface area contributed by atoms with Crippen LogP contribution in [0.3, 0.4) is 0 Å². The first-order chi connectivity index (χ1) is 12.5. The average Bonchev–Trinajstić information content (AvgIpc) is 3.10. The summed E-state index contributed by atoms with van der Waals surface area (Å²) in [6.07, 6.45) is 2.37. The van der Waals surface area contributed by atoms with Gasteiger partial charge in [-0.25, -0.2) is 4.68 Å². The quantitative estimate of drug-likeness (QED) is 0.656. The van der Waals surface area contributed by atoms with E-state index < -0.39 is 6.04 Å². The molecule has 134 valence electrons. The molecule has 1 heterocycles. The summed E-state index contributed by atoms with van der Waals surface area (Å²) in [5.41, 5.74) is 2.75. The molecule has 0 radical (unpaired) electrons. The normalized spacial score (nSPS) is 12.2. The van der Waals surface area contributed by atoms with Gasteiger partial charge in [0.05, 0.1) is 6.20 Å². The predicted molar refractivity (Wildman–Crippen MR) is 105 cm³/mol. The monoisotopic (exact) mass is 366 g/mol. The highest BCUT2D eigenvalue weighted by Crippen LogP contribution is 2.21. The molecule has 0 aliphatic carbocycles. The van der Waals surface area contributed by atoms with Gasteiger partial charge in [0.25, 0.3) is 0 Å². The molecule has 0 aliphatic rings. The van der Waals surface area contributed by atoms with Crippen LogP contribution in [0.25, 0.3) is 11.3 Å². The minimum atomic E-state index is -0.454. The maximum atomic E-state index is 12.7. The molecule has 0 saturated carbocycles. The lowest BCUT2D eigenvalue weighted by Crippen LogP contribution is -2.38. The van der Waals surface area contributed by atoms with Crippen LogP contribution < -0.4 is 5.32 Å². The minimum absolute atomic E-state index is 0.0618. The molecule has 5 nitrogen and oxygen atoms in total. The second-order valence-electron chi connectivity index (χ2n) is 6.50. The molecular formula is C20H22N4OS. The van der Waals surface area contributed by atoms with Gasteiger partial charge in [-0.2, -0.15) is 0 Å². The molecule has 0 unspecified atom stereocenters. The lowest BCUT2D eigenvalue weighted by Gasteiger charge is -2.18. The van der Waals surface area contributed by atoms with Crippen molar-refractivity contribution in [3.05, 3.63) is 66.4 Å². The van der Waals surface area contributed by atoms with E-state index in [1.54, 1.807) is 4.68 Å². The summed E-state index contributed by atoms with van der Waals surface area (Å²) < 4.78 is 1.65. The Bertz CT molecular complexity index is 859. The van der Waals surface area contributed by atoms with Crippen LogP contribution in [0.2, 0.25) is 0 Å². The summed E-state index contributed by atoms with van der Waals surface area (Å²) in [5.74, 6) is -0.0639. The highest BCUT2D eigenvalue weighted by atomic mass is 32.1. The molecule has 0 bridgehead atoms. The lowest BCUT2D eigenvalue weighted by molar-refractivity contribution is -0.125. The second-order valence-corrected chi connectivity index (χ2v) is 7.02. The van der Waals surface area contributed by atoms with E-state index in [9.17, 15) is 4.79 Å². The number of hydrogen-bond acceptors (Lipinski definition) is 4. The van der Waals surface area contributed by atoms with Gasteiger partial charge < -0.3 is 5.32 Å². The van der Waals surface area contributed by atoms with Crippen LogP contribution in [0.4, 0.5) is 0 Å². The van der Waals surface area contributed by atoms with Crippen LogP contribution in [-0.2, 0) is 11.2 Å². The lowest BCUT2D eigenvalue weighted by atomic mass is 10.1. The van der Waals surface area contributed by atoms with Gasteiger partial charge in [0, 0.05) is 22.9 Å². The number of aromatic nitrogens is 3. The average molecular weight is 366 g/mol. The molecule has 3 aromatic rings. The molecule has 0 aliphatic heterocycles. The zero-order valence-electron chi connectivity index (χ0n) is 14.8. The van der Waals surface area contributed by atoms with E-state index in [0.29, 0.717) is 6.42 Å². The number of hydrogen-bond donors (Lipinski definition) is 2. The zero-order chi connectivity index (χ0) is 18.5. The Morgan fingerprint density at radius 2 is 1.81 bits per heavy atom. The Labute approximate surface area is 158 Å². The standard InChI is InChI=1S/C20H22N4OS/c1-14(2)21-20(25)19(12-15-6-4-3-5-7-15)24-13-18(22-23-24)16-8-10-17(26)11-9-16/h3-11,13-14,19,26H,12H2,1-2H3,(H,21,25)/t19-/m0/s1. The molecule has 0 fully saturated rings. The number of nitrogens with zero attached hydrogens (tertiary/aromatic N) is 3. The van der Waals surface area contributed by atoms with Crippen molar-refractivity contribution in [2.45, 2.75) is 37.2 Å². The van der Waals surface area contributed by atoms with E-state index in [1.807, 2.05) is 74.6 Å². The molecule has 1 aromatic heterocycles. The number of rotatable bonds is 6. The van der Waals surface area contributed by atoms with Crippen molar-refractivity contribution >= 4 is 18.5 Å². The van der Waals surface area contributed by atoms with Crippen LogP contribution in [0.5, 0.6) is 0 Å². The van der Waals surface area contributed by atoms with E-state index in [-0.39, 0.29) is 11.9 Å². The van der Waals surface area contributed by atoms with Crippen LogP contribution >= 0.6 is 12.6 Å². The first-order valence-corrected chi connectivity index (χ1v) is 9.03. The summed E-state index contributed by atoms with van der Waals surface area (Å²) in [5, 5.41) is 11.5. The molecule has 1 amide bonds. The Kier molecular flexibility index (Phi) is 5.73. The molecule has 0 spiro atoms. The number of carbonyl (C=O) groups excluding carboxylic acids is 1. The summed E-state index contributed by atoms with van der Waals surface area (Å²) in [6, 6.07) is 17.2. The van der Waals surface area contributed by atoms with Gasteiger partial charge in [-0.3, -0.25) is 4.79 Å². The first kappa shape index (κ1) is 18.2. The van der Waals surface area contributed by atoms with Crippen LogP contribution in [0.15, 0.2) is 65.7 Å². The minimum Gasteiger partial charge on any atom is -0.352 e. The van der Waals surface area contributed by atoms with Crippen LogP contribution in [-0.4, -0.2) is 26.9 Å². The number of nitrogens with one attached hydrogen (secondary N) is 1. The molecule has 6 heteroatoms. The van der Waals surface area contributed by atoms with Gasteiger partial charge in [-0.15, -0.1) is 17.7 Å². The second kappa shape index (κ2) is 8.19. The van der Waals surface area contributed by atoms with E-state index >= 15 is 0 Å². The third-order valence-corrected chi connectivity index (χ3v) is 4.30. The SMILES string of the molecule is CC(C)NC(=O)[C@H](Cc1ccccc1)n1cc(-c2ccc(S)cc2)nn1. The summed E-state index contributed by atoms with van der Waals surface area (Å²) in [6.45, 7) is 3.90. The fourth-order valence-electron chi connectivity index (χ4n) is 2.72. The molecule has 1 N–H and O–H groups in total. The number of amides is 1. The fraction of sp³-hybridized carbons (Fsp3) is 0.250. The van der Waals surface area contributed by atoms with Gasteiger partial charge in [0.2, 0.25) is 5.91 Å². The van der Waals surface area contributed by atoms with Gasteiger partial charge in [-0.05, 0) is 31.5 Å². The summed E-state index contributed by atoms with van der Waals surface area (Å²) >= 11 is 4.30. The molecular weight excluding hydrogens is 344 g/mol. The molecule has 3 rings (SSSR count). The van der Waals surface area contributed by atoms with Crippen molar-refractivity contribution in [3.8, 4) is 11.3 Å². The largest absolute Gasteiger partial charge is 0.352 e. The molecule has 1 atom stereocenters.